The molecule has 1 aliphatic rings. The third-order valence-corrected chi connectivity index (χ3v) is 4.43. The summed E-state index contributed by atoms with van der Waals surface area (Å²) < 4.78 is 22.5. The lowest BCUT2D eigenvalue weighted by Gasteiger charge is -2.09. The molecule has 1 saturated heterocycles. The number of nitrogens with zero attached hydrogens (tertiary/aromatic N) is 2. The summed E-state index contributed by atoms with van der Waals surface area (Å²) in [6.45, 7) is 0. The smallest absolute Gasteiger partial charge is 0.270 e. The number of aromatic nitrogens is 1. The minimum atomic E-state index is -3.02. The maximum Gasteiger partial charge on any atom is 0.270 e. The Bertz CT molecular complexity index is 619. The molecule has 2 heterocycles. The molecule has 1 amide bonds. The maximum absolute atomic E-state index is 11.8. The van der Waals surface area contributed by atoms with Gasteiger partial charge in [-0.25, -0.2) is 13.4 Å². The van der Waals surface area contributed by atoms with Gasteiger partial charge in [0.05, 0.1) is 11.5 Å². The zero-order valence-corrected chi connectivity index (χ0v) is 10.3. The number of carbonyl (C=O) groups excluding carboxylic acids is 1. The molecular weight excluding hydrogens is 254 g/mol. The number of carbonyl (C=O) groups is 1. The fraction of sp³-hybridized carbons (Fsp3) is 0.364. The molecule has 1 fully saturated rings. The van der Waals surface area contributed by atoms with Crippen molar-refractivity contribution in [3.8, 4) is 6.07 Å². The lowest BCUT2D eigenvalue weighted by atomic mass is 10.2. The number of nitrogens with one attached hydrogen (secondary N) is 1. The standard InChI is InChI=1S/C11H11N3O3S/c12-6-8-2-1-3-10(13-8)11(15)14-9-4-5-18(16,17)7-9/h1-3,9H,4-5,7H2,(H,14,15). The van der Waals surface area contributed by atoms with Crippen molar-refractivity contribution in [3.05, 3.63) is 29.6 Å². The summed E-state index contributed by atoms with van der Waals surface area (Å²) in [5, 5.41) is 11.3. The van der Waals surface area contributed by atoms with Crippen LogP contribution >= 0.6 is 0 Å². The van der Waals surface area contributed by atoms with Crippen LogP contribution in [0.2, 0.25) is 0 Å². The van der Waals surface area contributed by atoms with Crippen molar-refractivity contribution in [1.82, 2.24) is 10.3 Å². The molecule has 1 aliphatic heterocycles. The van der Waals surface area contributed by atoms with Crippen LogP contribution < -0.4 is 5.32 Å². The van der Waals surface area contributed by atoms with Crippen LogP contribution in [0.4, 0.5) is 0 Å². The van der Waals surface area contributed by atoms with Crippen LogP contribution in [0.1, 0.15) is 22.6 Å². The number of pyridine rings is 1. The summed E-state index contributed by atoms with van der Waals surface area (Å²) in [4.78, 5) is 15.6. The van der Waals surface area contributed by atoms with Gasteiger partial charge in [0, 0.05) is 6.04 Å². The van der Waals surface area contributed by atoms with Crippen LogP contribution in [0.15, 0.2) is 18.2 Å². The lowest BCUT2D eigenvalue weighted by molar-refractivity contribution is 0.0936. The van der Waals surface area contributed by atoms with Crippen molar-refractivity contribution in [2.24, 2.45) is 0 Å². The second-order valence-corrected chi connectivity index (χ2v) is 6.32. The Labute approximate surface area is 105 Å². The van der Waals surface area contributed by atoms with E-state index in [1.54, 1.807) is 6.07 Å². The van der Waals surface area contributed by atoms with Crippen LogP contribution in [0.3, 0.4) is 0 Å². The molecule has 2 rings (SSSR count). The summed E-state index contributed by atoms with van der Waals surface area (Å²) in [5.74, 6) is -0.380. The molecule has 0 aliphatic carbocycles. The van der Waals surface area contributed by atoms with Crippen LogP contribution in [-0.4, -0.2) is 36.9 Å². The highest BCUT2D eigenvalue weighted by atomic mass is 32.2. The molecule has 0 radical (unpaired) electrons. The van der Waals surface area contributed by atoms with E-state index in [0.29, 0.717) is 6.42 Å². The average molecular weight is 265 g/mol. The molecule has 0 bridgehead atoms. The maximum atomic E-state index is 11.8. The Kier molecular flexibility index (Phi) is 3.30. The summed E-state index contributed by atoms with van der Waals surface area (Å²) in [6, 6.07) is 6.02. The molecule has 7 heteroatoms. The Morgan fingerprint density at radius 1 is 1.50 bits per heavy atom. The molecule has 1 N–H and O–H groups in total. The van der Waals surface area contributed by atoms with E-state index in [1.807, 2.05) is 6.07 Å². The normalized spacial score (nSPS) is 21.2. The SMILES string of the molecule is N#Cc1cccc(C(=O)NC2CCS(=O)(=O)C2)n1. The van der Waals surface area contributed by atoms with Crippen molar-refractivity contribution in [3.63, 3.8) is 0 Å². The number of amides is 1. The predicted molar refractivity (Wildman–Crippen MR) is 63.5 cm³/mol. The molecule has 0 saturated carbocycles. The fourth-order valence-corrected chi connectivity index (χ4v) is 3.46. The largest absolute Gasteiger partial charge is 0.347 e. The van der Waals surface area contributed by atoms with Gasteiger partial charge in [0.15, 0.2) is 9.84 Å². The quantitative estimate of drug-likeness (QED) is 0.803. The number of sulfone groups is 1. The molecule has 0 spiro atoms. The van der Waals surface area contributed by atoms with Gasteiger partial charge in [-0.05, 0) is 18.6 Å². The monoisotopic (exact) mass is 265 g/mol. The first-order valence-corrected chi connectivity index (χ1v) is 7.21. The molecule has 94 valence electrons. The second kappa shape index (κ2) is 4.74. The summed E-state index contributed by atoms with van der Waals surface area (Å²) in [6.07, 6.45) is 0.423. The first-order valence-electron chi connectivity index (χ1n) is 5.38. The third-order valence-electron chi connectivity index (χ3n) is 2.66. The van der Waals surface area contributed by atoms with Crippen molar-refractivity contribution in [2.75, 3.05) is 11.5 Å². The van der Waals surface area contributed by atoms with Crippen molar-refractivity contribution in [2.45, 2.75) is 12.5 Å². The Hall–Kier alpha value is -1.94. The van der Waals surface area contributed by atoms with Gasteiger partial charge in [-0.15, -0.1) is 0 Å². The number of rotatable bonds is 2. The average Bonchev–Trinajstić information content (AvgIpc) is 2.68. The highest BCUT2D eigenvalue weighted by Gasteiger charge is 2.29. The number of nitriles is 1. The van der Waals surface area contributed by atoms with Gasteiger partial charge in [0.2, 0.25) is 0 Å². The van der Waals surface area contributed by atoms with Crippen molar-refractivity contribution >= 4 is 15.7 Å². The van der Waals surface area contributed by atoms with E-state index < -0.39 is 15.7 Å². The molecule has 1 aromatic heterocycles. The van der Waals surface area contributed by atoms with E-state index in [-0.39, 0.29) is 28.9 Å². The lowest BCUT2D eigenvalue weighted by Crippen LogP contribution is -2.36. The molecule has 0 aromatic carbocycles. The third kappa shape index (κ3) is 2.84. The van der Waals surface area contributed by atoms with Gasteiger partial charge in [0.1, 0.15) is 17.5 Å². The van der Waals surface area contributed by atoms with E-state index in [0.717, 1.165) is 0 Å². The van der Waals surface area contributed by atoms with Crippen LogP contribution in [0, 0.1) is 11.3 Å². The van der Waals surface area contributed by atoms with Gasteiger partial charge >= 0.3 is 0 Å². The Balaban J connectivity index is 2.07. The summed E-state index contributed by atoms with van der Waals surface area (Å²) in [5.41, 5.74) is 0.278. The molecular formula is C11H11N3O3S. The Morgan fingerprint density at radius 3 is 2.89 bits per heavy atom. The van der Waals surface area contributed by atoms with Crippen molar-refractivity contribution in [1.29, 1.82) is 5.26 Å². The minimum absolute atomic E-state index is 0.0311. The second-order valence-electron chi connectivity index (χ2n) is 4.09. The highest BCUT2D eigenvalue weighted by molar-refractivity contribution is 7.91. The number of hydrogen-bond acceptors (Lipinski definition) is 5. The van der Waals surface area contributed by atoms with E-state index in [2.05, 4.69) is 10.3 Å². The van der Waals surface area contributed by atoms with Gasteiger partial charge in [-0.2, -0.15) is 5.26 Å². The zero-order valence-electron chi connectivity index (χ0n) is 9.46. The minimum Gasteiger partial charge on any atom is -0.347 e. The molecule has 1 atom stereocenters. The van der Waals surface area contributed by atoms with Crippen LogP contribution in [0.25, 0.3) is 0 Å². The van der Waals surface area contributed by atoms with Crippen LogP contribution in [0.5, 0.6) is 0 Å². The topological polar surface area (TPSA) is 99.9 Å². The van der Waals surface area contributed by atoms with Gasteiger partial charge in [0.25, 0.3) is 5.91 Å². The van der Waals surface area contributed by atoms with E-state index in [1.165, 1.54) is 12.1 Å². The van der Waals surface area contributed by atoms with Gasteiger partial charge in [-0.3, -0.25) is 4.79 Å². The van der Waals surface area contributed by atoms with E-state index in [4.69, 9.17) is 5.26 Å². The van der Waals surface area contributed by atoms with Crippen molar-refractivity contribution < 1.29 is 13.2 Å². The molecule has 1 aromatic rings. The first-order chi connectivity index (χ1) is 8.50. The molecule has 18 heavy (non-hydrogen) atoms. The number of hydrogen-bond donors (Lipinski definition) is 1. The van der Waals surface area contributed by atoms with Gasteiger partial charge < -0.3 is 5.32 Å². The van der Waals surface area contributed by atoms with Crippen LogP contribution in [-0.2, 0) is 9.84 Å². The summed E-state index contributed by atoms with van der Waals surface area (Å²) in [7, 11) is -3.02. The van der Waals surface area contributed by atoms with E-state index >= 15 is 0 Å². The zero-order chi connectivity index (χ0) is 13.2. The fourth-order valence-electron chi connectivity index (χ4n) is 1.79. The Morgan fingerprint density at radius 2 is 2.28 bits per heavy atom. The first kappa shape index (κ1) is 12.5. The molecule has 1 unspecified atom stereocenters. The van der Waals surface area contributed by atoms with Gasteiger partial charge in [-0.1, -0.05) is 6.07 Å². The molecule has 6 nitrogen and oxygen atoms in total. The highest BCUT2D eigenvalue weighted by Crippen LogP contribution is 2.11. The predicted octanol–water partition coefficient (Wildman–Crippen LogP) is -0.130. The van der Waals surface area contributed by atoms with E-state index in [9.17, 15) is 13.2 Å². The summed E-state index contributed by atoms with van der Waals surface area (Å²) >= 11 is 0.